The lowest BCUT2D eigenvalue weighted by Gasteiger charge is -2.17. The second-order valence-electron chi connectivity index (χ2n) is 5.14. The fourth-order valence-electron chi connectivity index (χ4n) is 1.81. The Morgan fingerprint density at radius 2 is 1.95 bits per heavy atom. The number of hydrogen-bond acceptors (Lipinski definition) is 6. The molecule has 6 heteroatoms. The van der Waals surface area contributed by atoms with Crippen molar-refractivity contribution < 1.29 is 14.1 Å². The van der Waals surface area contributed by atoms with Crippen molar-refractivity contribution in [2.24, 2.45) is 0 Å². The Morgan fingerprint density at radius 1 is 1.30 bits per heavy atom. The van der Waals surface area contributed by atoms with E-state index in [1.165, 1.54) is 0 Å². The van der Waals surface area contributed by atoms with Crippen molar-refractivity contribution in [2.45, 2.75) is 46.5 Å². The van der Waals surface area contributed by atoms with Crippen LogP contribution in [0.3, 0.4) is 0 Å². The third-order valence-electron chi connectivity index (χ3n) is 3.33. The van der Waals surface area contributed by atoms with E-state index in [-0.39, 0.29) is 5.97 Å². The molecule has 0 saturated heterocycles. The van der Waals surface area contributed by atoms with Gasteiger partial charge < -0.3 is 14.2 Å². The van der Waals surface area contributed by atoms with Crippen molar-refractivity contribution in [3.63, 3.8) is 0 Å². The molecule has 1 heterocycles. The zero-order valence-corrected chi connectivity index (χ0v) is 13.1. The number of carbonyl (C=O) groups excluding carboxylic acids is 1. The quantitative estimate of drug-likeness (QED) is 0.678. The highest BCUT2D eigenvalue weighted by Gasteiger charge is 2.37. The number of aromatic nitrogens is 2. The fourth-order valence-corrected chi connectivity index (χ4v) is 1.81. The van der Waals surface area contributed by atoms with Gasteiger partial charge in [-0.15, -0.1) is 0 Å². The normalized spacial score (nSPS) is 11.9. The first-order valence-corrected chi connectivity index (χ1v) is 7.18. The van der Waals surface area contributed by atoms with Crippen LogP contribution in [0.25, 0.3) is 0 Å². The number of esters is 1. The molecule has 0 saturated carbocycles. The van der Waals surface area contributed by atoms with E-state index in [0.717, 1.165) is 19.6 Å². The van der Waals surface area contributed by atoms with Crippen molar-refractivity contribution in [3.8, 4) is 0 Å². The van der Waals surface area contributed by atoms with Crippen LogP contribution in [-0.2, 0) is 21.4 Å². The molecule has 0 N–H and O–H groups in total. The summed E-state index contributed by atoms with van der Waals surface area (Å²) in [6, 6.07) is 0. The van der Waals surface area contributed by atoms with E-state index in [1.807, 2.05) is 0 Å². The van der Waals surface area contributed by atoms with Crippen molar-refractivity contribution in [1.29, 1.82) is 0 Å². The van der Waals surface area contributed by atoms with Crippen LogP contribution < -0.4 is 0 Å². The number of nitrogens with zero attached hydrogens (tertiary/aromatic N) is 3. The van der Waals surface area contributed by atoms with Crippen LogP contribution in [0.4, 0.5) is 0 Å². The van der Waals surface area contributed by atoms with Gasteiger partial charge in [-0.1, -0.05) is 19.0 Å². The van der Waals surface area contributed by atoms with E-state index in [1.54, 1.807) is 20.8 Å². The second-order valence-corrected chi connectivity index (χ2v) is 5.14. The maximum Gasteiger partial charge on any atom is 0.321 e. The molecular weight excluding hydrogens is 258 g/mol. The minimum atomic E-state index is -0.906. The van der Waals surface area contributed by atoms with E-state index >= 15 is 0 Å². The summed E-state index contributed by atoms with van der Waals surface area (Å²) in [4.78, 5) is 18.5. The number of ether oxygens (including phenoxy) is 1. The average Bonchev–Trinajstić information content (AvgIpc) is 2.89. The van der Waals surface area contributed by atoms with Gasteiger partial charge in [0.1, 0.15) is 5.41 Å². The molecule has 0 unspecified atom stereocenters. The molecule has 1 aromatic heterocycles. The largest absolute Gasteiger partial charge is 0.465 e. The van der Waals surface area contributed by atoms with Gasteiger partial charge in [0.25, 0.3) is 0 Å². The second kappa shape index (κ2) is 7.38. The van der Waals surface area contributed by atoms with E-state index < -0.39 is 5.41 Å². The molecule has 0 atom stereocenters. The Hall–Kier alpha value is -1.43. The maximum atomic E-state index is 11.9. The van der Waals surface area contributed by atoms with Crippen molar-refractivity contribution >= 4 is 5.97 Å². The van der Waals surface area contributed by atoms with Crippen LogP contribution >= 0.6 is 0 Å². The molecule has 114 valence electrons. The summed E-state index contributed by atoms with van der Waals surface area (Å²) in [5.74, 6) is 0.591. The Labute approximate surface area is 120 Å². The number of rotatable bonds is 8. The van der Waals surface area contributed by atoms with Crippen LogP contribution in [0.2, 0.25) is 0 Å². The van der Waals surface area contributed by atoms with E-state index in [9.17, 15) is 4.79 Å². The summed E-state index contributed by atoms with van der Waals surface area (Å²) >= 11 is 0. The Balaban J connectivity index is 2.69. The molecular formula is C14H25N3O3. The Morgan fingerprint density at radius 3 is 2.50 bits per heavy atom. The summed E-state index contributed by atoms with van der Waals surface area (Å²) in [5.41, 5.74) is -0.906. The molecule has 0 aliphatic carbocycles. The summed E-state index contributed by atoms with van der Waals surface area (Å²) in [5, 5.41) is 3.94. The smallest absolute Gasteiger partial charge is 0.321 e. The van der Waals surface area contributed by atoms with Crippen LogP contribution in [0.5, 0.6) is 0 Å². The van der Waals surface area contributed by atoms with Crippen LogP contribution in [0, 0.1) is 0 Å². The van der Waals surface area contributed by atoms with Crippen molar-refractivity contribution in [2.75, 3.05) is 26.2 Å². The summed E-state index contributed by atoms with van der Waals surface area (Å²) in [6.07, 6.45) is 0.712. The van der Waals surface area contributed by atoms with Gasteiger partial charge in [-0.3, -0.25) is 4.79 Å². The number of hydrogen-bond donors (Lipinski definition) is 0. The molecule has 1 rings (SSSR count). The standard InChI is InChI=1S/C14H25N3O3/c1-6-17(7-2)10-9-11-15-12(20-16-11)14(4,5)13(18)19-8-3/h6-10H2,1-5H3. The van der Waals surface area contributed by atoms with Crippen molar-refractivity contribution in [1.82, 2.24) is 15.0 Å². The predicted molar refractivity (Wildman–Crippen MR) is 75.4 cm³/mol. The first-order valence-electron chi connectivity index (χ1n) is 7.18. The van der Waals surface area contributed by atoms with Gasteiger partial charge in [-0.25, -0.2) is 0 Å². The van der Waals surface area contributed by atoms with E-state index in [2.05, 4.69) is 28.9 Å². The van der Waals surface area contributed by atoms with Gasteiger partial charge in [0.2, 0.25) is 5.89 Å². The van der Waals surface area contributed by atoms with Crippen molar-refractivity contribution in [3.05, 3.63) is 11.7 Å². The van der Waals surface area contributed by atoms with Crippen LogP contribution in [0.15, 0.2) is 4.52 Å². The van der Waals surface area contributed by atoms with Gasteiger partial charge in [-0.05, 0) is 33.9 Å². The minimum absolute atomic E-state index is 0.311. The molecule has 0 aromatic carbocycles. The Bertz CT molecular complexity index is 425. The number of likely N-dealkylation sites (N-methyl/N-ethyl adjacent to an activating group) is 1. The lowest BCUT2D eigenvalue weighted by atomic mass is 9.94. The Kier molecular flexibility index (Phi) is 6.13. The SMILES string of the molecule is CCOC(=O)C(C)(C)c1nc(CCN(CC)CC)no1. The van der Waals surface area contributed by atoms with Gasteiger partial charge >= 0.3 is 5.97 Å². The molecule has 6 nitrogen and oxygen atoms in total. The van der Waals surface area contributed by atoms with Crippen LogP contribution in [-0.4, -0.2) is 47.3 Å². The lowest BCUT2D eigenvalue weighted by Crippen LogP contribution is -2.31. The monoisotopic (exact) mass is 283 g/mol. The predicted octanol–water partition coefficient (Wildman–Crippen LogP) is 1.79. The maximum absolute atomic E-state index is 11.9. The van der Waals surface area contributed by atoms with Gasteiger partial charge in [0.05, 0.1) is 6.61 Å². The lowest BCUT2D eigenvalue weighted by molar-refractivity contribution is -0.149. The highest BCUT2D eigenvalue weighted by atomic mass is 16.5. The average molecular weight is 283 g/mol. The van der Waals surface area contributed by atoms with Crippen LogP contribution in [0.1, 0.15) is 46.3 Å². The first-order chi connectivity index (χ1) is 9.45. The molecule has 0 radical (unpaired) electrons. The fraction of sp³-hybridized carbons (Fsp3) is 0.786. The zero-order valence-electron chi connectivity index (χ0n) is 13.1. The summed E-state index contributed by atoms with van der Waals surface area (Å²) < 4.78 is 10.2. The van der Waals surface area contributed by atoms with Gasteiger partial charge in [0, 0.05) is 13.0 Å². The first kappa shape index (κ1) is 16.6. The molecule has 0 bridgehead atoms. The highest BCUT2D eigenvalue weighted by Crippen LogP contribution is 2.23. The number of carbonyl (C=O) groups is 1. The third-order valence-corrected chi connectivity index (χ3v) is 3.33. The molecule has 0 aliphatic rings. The van der Waals surface area contributed by atoms with Gasteiger partial charge in [0.15, 0.2) is 5.82 Å². The third kappa shape index (κ3) is 4.03. The molecule has 1 aromatic rings. The topological polar surface area (TPSA) is 68.5 Å². The molecule has 0 fully saturated rings. The molecule has 0 spiro atoms. The molecule has 20 heavy (non-hydrogen) atoms. The zero-order chi connectivity index (χ0) is 15.2. The van der Waals surface area contributed by atoms with E-state index in [0.29, 0.717) is 24.7 Å². The molecule has 0 amide bonds. The summed E-state index contributed by atoms with van der Waals surface area (Å²) in [6.45, 7) is 12.7. The minimum Gasteiger partial charge on any atom is -0.465 e. The van der Waals surface area contributed by atoms with E-state index in [4.69, 9.17) is 9.26 Å². The highest BCUT2D eigenvalue weighted by molar-refractivity contribution is 5.80. The molecule has 0 aliphatic heterocycles. The van der Waals surface area contributed by atoms with Gasteiger partial charge in [-0.2, -0.15) is 4.98 Å². The summed E-state index contributed by atoms with van der Waals surface area (Å²) in [7, 11) is 0.